The van der Waals surface area contributed by atoms with Crippen molar-refractivity contribution in [3.63, 3.8) is 0 Å². The molecule has 0 spiro atoms. The van der Waals surface area contributed by atoms with E-state index in [9.17, 15) is 4.79 Å². The average Bonchev–Trinajstić information content (AvgIpc) is 2.82. The van der Waals surface area contributed by atoms with Crippen LogP contribution in [0.5, 0.6) is 0 Å². The zero-order valence-electron chi connectivity index (χ0n) is 9.96. The van der Waals surface area contributed by atoms with E-state index >= 15 is 0 Å². The van der Waals surface area contributed by atoms with Crippen LogP contribution in [-0.2, 0) is 6.42 Å². The summed E-state index contributed by atoms with van der Waals surface area (Å²) in [5.74, 6) is -0.110. The maximum absolute atomic E-state index is 11.0. The molecule has 0 fully saturated rings. The molecular formula is C13H14N2O3. The topological polar surface area (TPSA) is 75.4 Å². The first kappa shape index (κ1) is 12.2. The number of carboxylic acid groups (broad SMARTS) is 1. The Bertz CT molecular complexity index is 523. The number of rotatable bonds is 5. The molecule has 0 radical (unpaired) electrons. The molecule has 18 heavy (non-hydrogen) atoms. The van der Waals surface area contributed by atoms with Crippen LogP contribution in [0.4, 0.5) is 5.69 Å². The first-order valence-corrected chi connectivity index (χ1v) is 5.63. The Morgan fingerprint density at radius 3 is 3.06 bits per heavy atom. The van der Waals surface area contributed by atoms with Gasteiger partial charge in [0.2, 0.25) is 0 Å². The molecule has 2 aromatic heterocycles. The summed E-state index contributed by atoms with van der Waals surface area (Å²) in [4.78, 5) is 15.0. The molecule has 0 saturated heterocycles. The highest BCUT2D eigenvalue weighted by Crippen LogP contribution is 2.16. The summed E-state index contributed by atoms with van der Waals surface area (Å²) in [6.07, 6.45) is 5.28. The maximum atomic E-state index is 11.0. The van der Waals surface area contributed by atoms with Crippen molar-refractivity contribution in [3.05, 3.63) is 48.2 Å². The van der Waals surface area contributed by atoms with Crippen molar-refractivity contribution in [1.29, 1.82) is 0 Å². The van der Waals surface area contributed by atoms with Crippen molar-refractivity contribution in [1.82, 2.24) is 4.98 Å². The van der Waals surface area contributed by atoms with Crippen LogP contribution in [0.15, 0.2) is 41.3 Å². The Morgan fingerprint density at radius 2 is 2.39 bits per heavy atom. The van der Waals surface area contributed by atoms with Gasteiger partial charge < -0.3 is 14.8 Å². The molecule has 94 valence electrons. The molecule has 5 nitrogen and oxygen atoms in total. The molecule has 2 aromatic rings. The molecule has 1 atom stereocenters. The third kappa shape index (κ3) is 2.88. The van der Waals surface area contributed by atoms with Gasteiger partial charge in [0.05, 0.1) is 23.7 Å². The van der Waals surface area contributed by atoms with Gasteiger partial charge in [-0.15, -0.1) is 0 Å². The van der Waals surface area contributed by atoms with E-state index in [-0.39, 0.29) is 11.6 Å². The fourth-order valence-electron chi connectivity index (χ4n) is 1.74. The van der Waals surface area contributed by atoms with E-state index in [4.69, 9.17) is 9.52 Å². The summed E-state index contributed by atoms with van der Waals surface area (Å²) in [6, 6.07) is 5.25. The lowest BCUT2D eigenvalue weighted by Gasteiger charge is -2.15. The number of nitrogens with one attached hydrogen (secondary N) is 1. The van der Waals surface area contributed by atoms with Gasteiger partial charge in [0.15, 0.2) is 0 Å². The number of pyridine rings is 1. The highest BCUT2D eigenvalue weighted by atomic mass is 16.4. The lowest BCUT2D eigenvalue weighted by molar-refractivity contribution is 0.0698. The summed E-state index contributed by atoms with van der Waals surface area (Å²) in [5, 5.41) is 12.2. The Hall–Kier alpha value is -2.30. The van der Waals surface area contributed by atoms with Crippen LogP contribution in [0.2, 0.25) is 0 Å². The Kier molecular flexibility index (Phi) is 3.62. The molecule has 0 aliphatic carbocycles. The fourth-order valence-corrected chi connectivity index (χ4v) is 1.74. The quantitative estimate of drug-likeness (QED) is 0.847. The van der Waals surface area contributed by atoms with E-state index in [0.717, 1.165) is 5.76 Å². The van der Waals surface area contributed by atoms with Crippen molar-refractivity contribution in [2.24, 2.45) is 0 Å². The lowest BCUT2D eigenvalue weighted by Crippen LogP contribution is -2.19. The molecule has 0 saturated carbocycles. The lowest BCUT2D eigenvalue weighted by atomic mass is 10.1. The van der Waals surface area contributed by atoms with Crippen LogP contribution in [-0.4, -0.2) is 22.1 Å². The van der Waals surface area contributed by atoms with E-state index in [2.05, 4.69) is 10.3 Å². The molecular weight excluding hydrogens is 232 g/mol. The van der Waals surface area contributed by atoms with Crippen molar-refractivity contribution in [2.75, 3.05) is 5.32 Å². The molecule has 0 aromatic carbocycles. The number of aromatic carboxylic acids is 1. The van der Waals surface area contributed by atoms with Crippen LogP contribution in [0.25, 0.3) is 0 Å². The van der Waals surface area contributed by atoms with Crippen LogP contribution >= 0.6 is 0 Å². The Labute approximate surface area is 104 Å². The number of hydrogen-bond acceptors (Lipinski definition) is 4. The van der Waals surface area contributed by atoms with Crippen LogP contribution < -0.4 is 5.32 Å². The molecule has 0 bridgehead atoms. The summed E-state index contributed by atoms with van der Waals surface area (Å²) < 4.78 is 5.25. The van der Waals surface area contributed by atoms with Gasteiger partial charge in [-0.05, 0) is 25.1 Å². The van der Waals surface area contributed by atoms with Gasteiger partial charge >= 0.3 is 5.97 Å². The summed E-state index contributed by atoms with van der Waals surface area (Å²) in [7, 11) is 0. The summed E-state index contributed by atoms with van der Waals surface area (Å²) in [6.45, 7) is 1.96. The zero-order chi connectivity index (χ0) is 13.0. The van der Waals surface area contributed by atoms with Gasteiger partial charge in [-0.1, -0.05) is 0 Å². The third-order valence-electron chi connectivity index (χ3n) is 2.54. The molecule has 2 N–H and O–H groups in total. The average molecular weight is 246 g/mol. The van der Waals surface area contributed by atoms with Gasteiger partial charge in [-0.2, -0.15) is 0 Å². The first-order chi connectivity index (χ1) is 8.66. The number of furan rings is 1. The van der Waals surface area contributed by atoms with Crippen molar-refractivity contribution >= 4 is 11.7 Å². The predicted octanol–water partition coefficient (Wildman–Crippen LogP) is 2.42. The van der Waals surface area contributed by atoms with Gasteiger partial charge in [0.25, 0.3) is 0 Å². The monoisotopic (exact) mass is 246 g/mol. The van der Waals surface area contributed by atoms with Gasteiger partial charge in [-0.3, -0.25) is 4.98 Å². The van der Waals surface area contributed by atoms with Gasteiger partial charge in [0.1, 0.15) is 5.76 Å². The highest BCUT2D eigenvalue weighted by Gasteiger charge is 2.12. The van der Waals surface area contributed by atoms with E-state index < -0.39 is 5.97 Å². The maximum Gasteiger partial charge on any atom is 0.337 e. The molecule has 1 unspecified atom stereocenters. The van der Waals surface area contributed by atoms with E-state index in [1.807, 2.05) is 19.1 Å². The highest BCUT2D eigenvalue weighted by molar-refractivity contribution is 5.93. The summed E-state index contributed by atoms with van der Waals surface area (Å²) >= 11 is 0. The van der Waals surface area contributed by atoms with Gasteiger partial charge in [0, 0.05) is 18.7 Å². The van der Waals surface area contributed by atoms with Crippen molar-refractivity contribution in [2.45, 2.75) is 19.4 Å². The molecule has 2 heterocycles. The van der Waals surface area contributed by atoms with Gasteiger partial charge in [-0.25, -0.2) is 4.79 Å². The molecule has 0 aliphatic heterocycles. The minimum absolute atomic E-state index is 0.0541. The molecule has 0 amide bonds. The smallest absolute Gasteiger partial charge is 0.337 e. The number of carbonyl (C=O) groups is 1. The number of hydrogen-bond donors (Lipinski definition) is 2. The number of carboxylic acids is 1. The van der Waals surface area contributed by atoms with E-state index in [0.29, 0.717) is 12.1 Å². The summed E-state index contributed by atoms with van der Waals surface area (Å²) in [5.41, 5.74) is 0.736. The van der Waals surface area contributed by atoms with E-state index in [1.54, 1.807) is 6.26 Å². The largest absolute Gasteiger partial charge is 0.478 e. The van der Waals surface area contributed by atoms with Crippen LogP contribution in [0.1, 0.15) is 23.0 Å². The number of aromatic nitrogens is 1. The Morgan fingerprint density at radius 1 is 1.56 bits per heavy atom. The normalized spacial score (nSPS) is 12.1. The van der Waals surface area contributed by atoms with Crippen LogP contribution in [0.3, 0.4) is 0 Å². The molecule has 5 heteroatoms. The fraction of sp³-hybridized carbons (Fsp3) is 0.231. The number of anilines is 1. The zero-order valence-corrected chi connectivity index (χ0v) is 9.96. The Balaban J connectivity index is 2.07. The standard InChI is InChI=1S/C13H14N2O3/c1-9(7-10-3-2-6-18-10)15-12-8-14-5-4-11(12)13(16)17/h2-6,8-9,15H,7H2,1H3,(H,16,17). The van der Waals surface area contributed by atoms with Crippen LogP contribution in [0, 0.1) is 0 Å². The van der Waals surface area contributed by atoms with Crippen molar-refractivity contribution in [3.8, 4) is 0 Å². The SMILES string of the molecule is CC(Cc1ccco1)Nc1cnccc1C(=O)O. The minimum atomic E-state index is -0.968. The predicted molar refractivity (Wildman–Crippen MR) is 66.7 cm³/mol. The third-order valence-corrected chi connectivity index (χ3v) is 2.54. The minimum Gasteiger partial charge on any atom is -0.478 e. The number of nitrogens with zero attached hydrogens (tertiary/aromatic N) is 1. The second kappa shape index (κ2) is 5.35. The first-order valence-electron chi connectivity index (χ1n) is 5.63. The molecule has 2 rings (SSSR count). The molecule has 0 aliphatic rings. The second-order valence-corrected chi connectivity index (χ2v) is 4.06. The second-order valence-electron chi connectivity index (χ2n) is 4.06. The van der Waals surface area contributed by atoms with Crippen molar-refractivity contribution < 1.29 is 14.3 Å². The van der Waals surface area contributed by atoms with E-state index in [1.165, 1.54) is 18.5 Å².